The van der Waals surface area contributed by atoms with Crippen molar-refractivity contribution in [1.29, 1.82) is 0 Å². The molecule has 0 amide bonds. The third-order valence-corrected chi connectivity index (χ3v) is 4.58. The van der Waals surface area contributed by atoms with E-state index in [9.17, 15) is 19.0 Å². The van der Waals surface area contributed by atoms with Crippen molar-refractivity contribution in [2.45, 2.75) is 18.8 Å². The minimum Gasteiger partial charge on any atom is -0.480 e. The van der Waals surface area contributed by atoms with E-state index in [0.717, 1.165) is 5.56 Å². The van der Waals surface area contributed by atoms with Crippen LogP contribution in [0.5, 0.6) is 0 Å². The van der Waals surface area contributed by atoms with Gasteiger partial charge in [0.15, 0.2) is 0 Å². The summed E-state index contributed by atoms with van der Waals surface area (Å²) in [6.07, 6.45) is -0.986. The van der Waals surface area contributed by atoms with Crippen LogP contribution in [0.1, 0.15) is 17.2 Å². The van der Waals surface area contributed by atoms with Crippen molar-refractivity contribution >= 4 is 16.9 Å². The van der Waals surface area contributed by atoms with Crippen LogP contribution >= 0.6 is 11.0 Å². The summed E-state index contributed by atoms with van der Waals surface area (Å²) >= 11 is 0. The molecular formula is C11H17N3O5S. The highest BCUT2D eigenvalue weighted by Crippen LogP contribution is 2.44. The summed E-state index contributed by atoms with van der Waals surface area (Å²) in [4.78, 5) is 10.8. The topological polar surface area (TPSA) is 139 Å². The molecule has 20 heavy (non-hydrogen) atoms. The molecular weight excluding hydrogens is 286 g/mol. The fourth-order valence-electron chi connectivity index (χ4n) is 1.92. The predicted octanol–water partition coefficient (Wildman–Crippen LogP) is 0.0752. The maximum absolute atomic E-state index is 10.8. The van der Waals surface area contributed by atoms with Gasteiger partial charge in [0.05, 0.1) is 6.54 Å². The molecule has 9 heteroatoms. The Morgan fingerprint density at radius 2 is 2.05 bits per heavy atom. The van der Waals surface area contributed by atoms with Gasteiger partial charge in [-0.1, -0.05) is 35.2 Å². The summed E-state index contributed by atoms with van der Waals surface area (Å²) in [5, 5.41) is 18.2. The lowest BCUT2D eigenvalue weighted by Crippen LogP contribution is -2.25. The highest BCUT2D eigenvalue weighted by molar-refractivity contribution is 8.20. The van der Waals surface area contributed by atoms with Crippen LogP contribution in [-0.2, 0) is 11.3 Å². The summed E-state index contributed by atoms with van der Waals surface area (Å²) < 4.78 is 23.0. The molecule has 7 N–H and O–H groups in total. The molecule has 0 radical (unpaired) electrons. The normalized spacial score (nSPS) is 25.3. The number of hydrogen-bond donors (Lipinski definition) is 6. The van der Waals surface area contributed by atoms with Crippen molar-refractivity contribution in [3.63, 3.8) is 0 Å². The van der Waals surface area contributed by atoms with E-state index in [-0.39, 0.29) is 13.1 Å². The fraction of sp³-hybridized carbons (Fsp3) is 0.364. The monoisotopic (exact) mass is 303 g/mol. The largest absolute Gasteiger partial charge is 0.480 e. The second-order valence-electron chi connectivity index (χ2n) is 4.53. The van der Waals surface area contributed by atoms with Crippen molar-refractivity contribution in [2.75, 3.05) is 6.54 Å². The highest BCUT2D eigenvalue weighted by atomic mass is 32.3. The van der Waals surface area contributed by atoms with Crippen molar-refractivity contribution in [3.05, 3.63) is 35.4 Å². The Hall–Kier alpha value is -1.20. The van der Waals surface area contributed by atoms with Crippen molar-refractivity contribution < 1.29 is 24.1 Å². The van der Waals surface area contributed by atoms with Crippen LogP contribution in [0.2, 0.25) is 0 Å². The number of nitrogens with two attached hydrogens (primary N) is 1. The first-order valence-corrected chi connectivity index (χ1v) is 7.36. The van der Waals surface area contributed by atoms with E-state index in [1.165, 1.54) is 4.31 Å². The number of nitrogens with one attached hydrogen (secondary N) is 1. The number of hydrogen-bond acceptors (Lipinski definition) is 7. The van der Waals surface area contributed by atoms with E-state index in [2.05, 4.69) is 4.72 Å². The third kappa shape index (κ3) is 3.27. The molecule has 1 fully saturated rings. The summed E-state index contributed by atoms with van der Waals surface area (Å²) in [5.41, 5.74) is 6.70. The SMILES string of the molecule is NC(C(=O)O)c1ccc(CN2CC(O)NS2(O)O)cc1. The average Bonchev–Trinajstić information content (AvgIpc) is 2.62. The average molecular weight is 303 g/mol. The van der Waals surface area contributed by atoms with Crippen LogP contribution in [0, 0.1) is 0 Å². The molecule has 0 aliphatic carbocycles. The number of aliphatic hydroxyl groups is 1. The first-order valence-electron chi connectivity index (χ1n) is 5.85. The summed E-state index contributed by atoms with van der Waals surface area (Å²) in [7, 11) is -3.16. The lowest BCUT2D eigenvalue weighted by Gasteiger charge is -2.35. The Kier molecular flexibility index (Phi) is 4.30. The van der Waals surface area contributed by atoms with Gasteiger partial charge in [-0.2, -0.15) is 9.03 Å². The summed E-state index contributed by atoms with van der Waals surface area (Å²) in [5.74, 6) is -1.11. The van der Waals surface area contributed by atoms with E-state index in [4.69, 9.17) is 10.8 Å². The number of benzene rings is 1. The number of aliphatic hydroxyl groups excluding tert-OH is 1. The van der Waals surface area contributed by atoms with E-state index in [1.54, 1.807) is 24.3 Å². The quantitative estimate of drug-likeness (QED) is 0.459. The van der Waals surface area contributed by atoms with Gasteiger partial charge in [-0.3, -0.25) is 13.9 Å². The number of β-amino-alcohol motifs (C(OH)–C–C–N with tert-alkyl or cyclic N) is 1. The molecule has 1 aliphatic rings. The zero-order valence-electron chi connectivity index (χ0n) is 10.5. The van der Waals surface area contributed by atoms with Crippen LogP contribution in [0.3, 0.4) is 0 Å². The highest BCUT2D eigenvalue weighted by Gasteiger charge is 2.34. The number of carboxylic acid groups (broad SMARTS) is 1. The van der Waals surface area contributed by atoms with E-state index < -0.39 is 29.2 Å². The molecule has 0 saturated carbocycles. The first kappa shape index (κ1) is 15.2. The van der Waals surface area contributed by atoms with E-state index in [0.29, 0.717) is 5.56 Å². The molecule has 2 unspecified atom stereocenters. The lowest BCUT2D eigenvalue weighted by atomic mass is 10.1. The molecule has 1 heterocycles. The zero-order valence-corrected chi connectivity index (χ0v) is 11.3. The van der Waals surface area contributed by atoms with Crippen LogP contribution in [0.15, 0.2) is 24.3 Å². The molecule has 8 nitrogen and oxygen atoms in total. The van der Waals surface area contributed by atoms with Crippen LogP contribution in [-0.4, -0.2) is 42.4 Å². The smallest absolute Gasteiger partial charge is 0.325 e. The fourth-order valence-corrected chi connectivity index (χ4v) is 3.19. The standard InChI is InChI=1S/C11H17N3O5S/c12-10(11(16)17)8-3-1-7(2-4-8)5-14-6-9(15)13-20(14,18)19/h1-4,9-10,13,15,18-19H,5-6,12H2,(H,16,17). The van der Waals surface area contributed by atoms with Gasteiger partial charge in [0.1, 0.15) is 12.3 Å². The maximum Gasteiger partial charge on any atom is 0.325 e. The minimum atomic E-state index is -3.16. The molecule has 112 valence electrons. The van der Waals surface area contributed by atoms with Crippen molar-refractivity contribution in [2.24, 2.45) is 5.73 Å². The Morgan fingerprint density at radius 3 is 2.50 bits per heavy atom. The molecule has 1 aromatic carbocycles. The third-order valence-electron chi connectivity index (χ3n) is 2.99. The number of rotatable bonds is 4. The van der Waals surface area contributed by atoms with E-state index >= 15 is 0 Å². The van der Waals surface area contributed by atoms with Crippen LogP contribution in [0.25, 0.3) is 0 Å². The molecule has 1 aliphatic heterocycles. The summed E-state index contributed by atoms with van der Waals surface area (Å²) in [6.45, 7) is 0.313. The van der Waals surface area contributed by atoms with Gasteiger partial charge < -0.3 is 15.9 Å². The Bertz CT molecular complexity index is 495. The Labute approximate surface area is 117 Å². The van der Waals surface area contributed by atoms with Gasteiger partial charge >= 0.3 is 5.97 Å². The van der Waals surface area contributed by atoms with Gasteiger partial charge in [-0.15, -0.1) is 0 Å². The molecule has 0 spiro atoms. The zero-order chi connectivity index (χ0) is 14.9. The van der Waals surface area contributed by atoms with Gasteiger partial charge in [0, 0.05) is 6.54 Å². The second-order valence-corrected chi connectivity index (χ2v) is 6.32. The number of nitrogens with zero attached hydrogens (tertiary/aromatic N) is 1. The first-order chi connectivity index (χ1) is 9.29. The number of carboxylic acids is 1. The van der Waals surface area contributed by atoms with Gasteiger partial charge in [0.2, 0.25) is 0 Å². The molecule has 2 atom stereocenters. The molecule has 0 aromatic heterocycles. The van der Waals surface area contributed by atoms with E-state index in [1.807, 2.05) is 0 Å². The van der Waals surface area contributed by atoms with Crippen molar-refractivity contribution in [1.82, 2.24) is 9.03 Å². The maximum atomic E-state index is 10.8. The van der Waals surface area contributed by atoms with Crippen LogP contribution < -0.4 is 10.5 Å². The van der Waals surface area contributed by atoms with Gasteiger partial charge in [-0.25, -0.2) is 0 Å². The number of carbonyl (C=O) groups is 1. The lowest BCUT2D eigenvalue weighted by molar-refractivity contribution is -0.138. The van der Waals surface area contributed by atoms with Crippen LogP contribution in [0.4, 0.5) is 0 Å². The van der Waals surface area contributed by atoms with Crippen molar-refractivity contribution in [3.8, 4) is 0 Å². The molecule has 1 saturated heterocycles. The Morgan fingerprint density at radius 1 is 1.45 bits per heavy atom. The number of aliphatic carboxylic acids is 1. The summed E-state index contributed by atoms with van der Waals surface area (Å²) in [6, 6.07) is 5.41. The Balaban J connectivity index is 2.06. The molecule has 2 rings (SSSR count). The predicted molar refractivity (Wildman–Crippen MR) is 73.4 cm³/mol. The van der Waals surface area contributed by atoms with Gasteiger partial charge in [0.25, 0.3) is 0 Å². The molecule has 0 bridgehead atoms. The second kappa shape index (κ2) is 5.66. The minimum absolute atomic E-state index is 0.0960. The van der Waals surface area contributed by atoms with Gasteiger partial charge in [-0.05, 0) is 11.1 Å². The molecule has 1 aromatic rings.